The monoisotopic (exact) mass is 180 g/mol. The van der Waals surface area contributed by atoms with Crippen LogP contribution in [0.15, 0.2) is 35.6 Å². The molecule has 2 rings (SSSR count). The van der Waals surface area contributed by atoms with Gasteiger partial charge < -0.3 is 4.74 Å². The largest absolute Gasteiger partial charge is 0.493 e. The summed E-state index contributed by atoms with van der Waals surface area (Å²) in [5, 5.41) is 0. The first kappa shape index (κ1) is 12.0. The van der Waals surface area contributed by atoms with Gasteiger partial charge in [-0.05, 0) is 18.1 Å². The number of rotatable bonds is 0. The van der Waals surface area contributed by atoms with Crippen molar-refractivity contribution in [3.05, 3.63) is 35.6 Å². The molecule has 0 saturated carbocycles. The van der Waals surface area contributed by atoms with Gasteiger partial charge in [0.05, 0.1) is 6.61 Å². The molecule has 0 atom stereocenters. The van der Waals surface area contributed by atoms with Gasteiger partial charge in [0.1, 0.15) is 5.76 Å². The minimum Gasteiger partial charge on any atom is -0.493 e. The normalized spacial score (nSPS) is 17.7. The number of hydrogen-bond donors (Lipinski definition) is 0. The standard InChI is InChI=1S/C9H10O.C2H6.CH4/c1-2-4-8-6-7-10-9(8)5-3-1;1-2;/h1-3,5H,4,6-7H2;1-2H3;1H4. The van der Waals surface area contributed by atoms with Gasteiger partial charge in [-0.2, -0.15) is 0 Å². The first-order chi connectivity index (χ1) is 5.97. The molecule has 0 bridgehead atoms. The topological polar surface area (TPSA) is 9.23 Å². The fourth-order valence-electron chi connectivity index (χ4n) is 1.31. The van der Waals surface area contributed by atoms with E-state index in [-0.39, 0.29) is 7.43 Å². The SMILES string of the molecule is C.C1=CCC2=C(C=C1)OCC2.CC. The zero-order chi connectivity index (χ0) is 8.81. The van der Waals surface area contributed by atoms with Crippen LogP contribution in [-0.2, 0) is 4.74 Å². The summed E-state index contributed by atoms with van der Waals surface area (Å²) < 4.78 is 5.39. The second-order valence-electron chi connectivity index (χ2n) is 2.56. The highest BCUT2D eigenvalue weighted by molar-refractivity contribution is 5.30. The minimum absolute atomic E-state index is 0. The molecule has 0 fully saturated rings. The van der Waals surface area contributed by atoms with E-state index in [0.717, 1.165) is 25.2 Å². The van der Waals surface area contributed by atoms with Crippen LogP contribution in [-0.4, -0.2) is 6.61 Å². The molecule has 1 nitrogen and oxygen atoms in total. The first-order valence-electron chi connectivity index (χ1n) is 4.65. The van der Waals surface area contributed by atoms with E-state index < -0.39 is 0 Å². The van der Waals surface area contributed by atoms with Crippen molar-refractivity contribution in [3.63, 3.8) is 0 Å². The van der Waals surface area contributed by atoms with Crippen molar-refractivity contribution in [2.24, 2.45) is 0 Å². The van der Waals surface area contributed by atoms with Crippen LogP contribution >= 0.6 is 0 Å². The van der Waals surface area contributed by atoms with Crippen molar-refractivity contribution in [1.29, 1.82) is 0 Å². The molecule has 1 heteroatoms. The number of ether oxygens (including phenoxy) is 1. The number of hydrogen-bond acceptors (Lipinski definition) is 1. The van der Waals surface area contributed by atoms with E-state index in [1.807, 2.05) is 26.0 Å². The van der Waals surface area contributed by atoms with Crippen molar-refractivity contribution >= 4 is 0 Å². The summed E-state index contributed by atoms with van der Waals surface area (Å²) >= 11 is 0. The summed E-state index contributed by atoms with van der Waals surface area (Å²) in [5.74, 6) is 1.10. The van der Waals surface area contributed by atoms with Gasteiger partial charge in [-0.25, -0.2) is 0 Å². The highest BCUT2D eigenvalue weighted by Gasteiger charge is 2.12. The molecule has 13 heavy (non-hydrogen) atoms. The van der Waals surface area contributed by atoms with Gasteiger partial charge in [0, 0.05) is 6.42 Å². The lowest BCUT2D eigenvalue weighted by atomic mass is 10.1. The minimum atomic E-state index is 0. The molecule has 0 unspecified atom stereocenters. The van der Waals surface area contributed by atoms with E-state index >= 15 is 0 Å². The molecule has 0 amide bonds. The Labute approximate surface area is 81.8 Å². The molecule has 0 aromatic carbocycles. The molecule has 2 aliphatic rings. The second kappa shape index (κ2) is 6.53. The van der Waals surface area contributed by atoms with Gasteiger partial charge >= 0.3 is 0 Å². The van der Waals surface area contributed by atoms with Gasteiger partial charge in [-0.1, -0.05) is 39.5 Å². The molecular weight excluding hydrogens is 160 g/mol. The first-order valence-corrected chi connectivity index (χ1v) is 4.65. The predicted molar refractivity (Wildman–Crippen MR) is 58.6 cm³/mol. The van der Waals surface area contributed by atoms with E-state index in [2.05, 4.69) is 12.2 Å². The van der Waals surface area contributed by atoms with Crippen LogP contribution in [0.4, 0.5) is 0 Å². The van der Waals surface area contributed by atoms with Gasteiger partial charge in [0.25, 0.3) is 0 Å². The van der Waals surface area contributed by atoms with Crippen molar-refractivity contribution < 1.29 is 4.74 Å². The van der Waals surface area contributed by atoms with E-state index in [0.29, 0.717) is 0 Å². The zero-order valence-corrected chi connectivity index (χ0v) is 7.84. The fraction of sp³-hybridized carbons (Fsp3) is 0.500. The van der Waals surface area contributed by atoms with Crippen LogP contribution in [0.5, 0.6) is 0 Å². The van der Waals surface area contributed by atoms with Crippen LogP contribution < -0.4 is 0 Å². The molecule has 0 N–H and O–H groups in total. The van der Waals surface area contributed by atoms with Crippen LogP contribution in [0.25, 0.3) is 0 Å². The molecule has 74 valence electrons. The van der Waals surface area contributed by atoms with Crippen LogP contribution in [0.3, 0.4) is 0 Å². The third kappa shape index (κ3) is 3.10. The summed E-state index contributed by atoms with van der Waals surface area (Å²) in [7, 11) is 0. The summed E-state index contributed by atoms with van der Waals surface area (Å²) in [6.45, 7) is 4.88. The maximum Gasteiger partial charge on any atom is 0.118 e. The summed E-state index contributed by atoms with van der Waals surface area (Å²) in [6, 6.07) is 0. The molecule has 1 aliphatic heterocycles. The van der Waals surface area contributed by atoms with Crippen molar-refractivity contribution in [1.82, 2.24) is 0 Å². The quantitative estimate of drug-likeness (QED) is 0.550. The lowest BCUT2D eigenvalue weighted by Gasteiger charge is -1.95. The van der Waals surface area contributed by atoms with Gasteiger partial charge in [0.2, 0.25) is 0 Å². The smallest absolute Gasteiger partial charge is 0.118 e. The third-order valence-electron chi connectivity index (χ3n) is 1.87. The molecule has 1 heterocycles. The van der Waals surface area contributed by atoms with Crippen LogP contribution in [0, 0.1) is 0 Å². The molecular formula is C12H20O. The molecule has 0 spiro atoms. The van der Waals surface area contributed by atoms with Crippen molar-refractivity contribution in [2.45, 2.75) is 34.1 Å². The lowest BCUT2D eigenvalue weighted by Crippen LogP contribution is -1.78. The Morgan fingerprint density at radius 1 is 1.23 bits per heavy atom. The van der Waals surface area contributed by atoms with Gasteiger partial charge in [-0.15, -0.1) is 0 Å². The van der Waals surface area contributed by atoms with E-state index in [4.69, 9.17) is 4.74 Å². The van der Waals surface area contributed by atoms with Gasteiger partial charge in [-0.3, -0.25) is 0 Å². The molecule has 0 aromatic rings. The Hall–Kier alpha value is -0.980. The van der Waals surface area contributed by atoms with Gasteiger partial charge in [0.15, 0.2) is 0 Å². The predicted octanol–water partition coefficient (Wildman–Crippen LogP) is 3.84. The molecule has 0 aromatic heterocycles. The highest BCUT2D eigenvalue weighted by Crippen LogP contribution is 2.24. The summed E-state index contributed by atoms with van der Waals surface area (Å²) in [6.07, 6.45) is 10.5. The molecule has 0 saturated heterocycles. The summed E-state index contributed by atoms with van der Waals surface area (Å²) in [5.41, 5.74) is 1.45. The van der Waals surface area contributed by atoms with Crippen LogP contribution in [0.1, 0.15) is 34.1 Å². The molecule has 1 aliphatic carbocycles. The van der Waals surface area contributed by atoms with E-state index in [1.54, 1.807) is 0 Å². The maximum atomic E-state index is 5.39. The Balaban J connectivity index is 0.000000451. The van der Waals surface area contributed by atoms with E-state index in [1.165, 1.54) is 5.57 Å². The van der Waals surface area contributed by atoms with Crippen molar-refractivity contribution in [3.8, 4) is 0 Å². The Bertz CT molecular complexity index is 221. The Kier molecular flexibility index (Phi) is 6.03. The summed E-state index contributed by atoms with van der Waals surface area (Å²) in [4.78, 5) is 0. The second-order valence-corrected chi connectivity index (χ2v) is 2.56. The zero-order valence-electron chi connectivity index (χ0n) is 7.84. The van der Waals surface area contributed by atoms with Crippen molar-refractivity contribution in [2.75, 3.05) is 6.61 Å². The maximum absolute atomic E-state index is 5.39. The molecule has 0 radical (unpaired) electrons. The Morgan fingerprint density at radius 2 is 2.00 bits per heavy atom. The lowest BCUT2D eigenvalue weighted by molar-refractivity contribution is 0.257. The average molecular weight is 180 g/mol. The van der Waals surface area contributed by atoms with Crippen LogP contribution in [0.2, 0.25) is 0 Å². The number of allylic oxidation sites excluding steroid dienone is 4. The third-order valence-corrected chi connectivity index (χ3v) is 1.87. The Morgan fingerprint density at radius 3 is 2.77 bits per heavy atom. The average Bonchev–Trinajstić information content (AvgIpc) is 2.46. The van der Waals surface area contributed by atoms with E-state index in [9.17, 15) is 0 Å². The highest BCUT2D eigenvalue weighted by atomic mass is 16.5. The fourth-order valence-corrected chi connectivity index (χ4v) is 1.31.